The van der Waals surface area contributed by atoms with Gasteiger partial charge in [-0.05, 0) is 30.5 Å². The molecule has 1 aromatic heterocycles. The van der Waals surface area contributed by atoms with Gasteiger partial charge in [-0.3, -0.25) is 0 Å². The van der Waals surface area contributed by atoms with Gasteiger partial charge in [-0.15, -0.1) is 0 Å². The summed E-state index contributed by atoms with van der Waals surface area (Å²) in [6.45, 7) is 0. The number of carbonyl (C=O) groups is 1. The van der Waals surface area contributed by atoms with Crippen LogP contribution in [0.25, 0.3) is 11.1 Å². The van der Waals surface area contributed by atoms with E-state index < -0.39 is 32.6 Å². The Balaban J connectivity index is 1.97. The summed E-state index contributed by atoms with van der Waals surface area (Å²) >= 11 is 0. The van der Waals surface area contributed by atoms with Gasteiger partial charge in [0, 0.05) is 5.56 Å². The second kappa shape index (κ2) is 4.66. The number of rotatable bonds is 4. The van der Waals surface area contributed by atoms with E-state index in [4.69, 9.17) is 5.11 Å². The van der Waals surface area contributed by atoms with Gasteiger partial charge in [-0.1, -0.05) is 6.07 Å². The fourth-order valence-corrected chi connectivity index (χ4v) is 3.46. The maximum absolute atomic E-state index is 13.6. The van der Waals surface area contributed by atoms with E-state index in [-0.39, 0.29) is 0 Å². The van der Waals surface area contributed by atoms with E-state index in [1.54, 1.807) is 0 Å². The van der Waals surface area contributed by atoms with E-state index in [2.05, 4.69) is 5.10 Å². The molecule has 1 heterocycles. The second-order valence-corrected chi connectivity index (χ2v) is 6.92. The van der Waals surface area contributed by atoms with Crippen LogP contribution in [0.2, 0.25) is 0 Å². The van der Waals surface area contributed by atoms with Crippen LogP contribution in [0.3, 0.4) is 0 Å². The highest BCUT2D eigenvalue weighted by molar-refractivity contribution is 7.90. The van der Waals surface area contributed by atoms with Gasteiger partial charge in [0.2, 0.25) is 0 Å². The molecule has 0 aliphatic heterocycles. The number of halogens is 1. The van der Waals surface area contributed by atoms with E-state index in [9.17, 15) is 17.6 Å². The molecule has 0 amide bonds. The summed E-state index contributed by atoms with van der Waals surface area (Å²) in [7, 11) is -3.47. The molecule has 0 bridgehead atoms. The van der Waals surface area contributed by atoms with Crippen LogP contribution >= 0.6 is 0 Å². The third-order valence-corrected chi connectivity index (χ3v) is 5.33. The summed E-state index contributed by atoms with van der Waals surface area (Å²) in [5, 5.41) is 12.2. The molecule has 3 rings (SSSR count). The number of carboxylic acids is 1. The Hall–Kier alpha value is -2.22. The zero-order valence-electron chi connectivity index (χ0n) is 10.7. The van der Waals surface area contributed by atoms with E-state index >= 15 is 0 Å². The van der Waals surface area contributed by atoms with Gasteiger partial charge < -0.3 is 5.11 Å². The Morgan fingerprint density at radius 3 is 2.62 bits per heavy atom. The van der Waals surface area contributed by atoms with Gasteiger partial charge in [-0.2, -0.15) is 9.19 Å². The maximum Gasteiger partial charge on any atom is 0.338 e. The lowest BCUT2D eigenvalue weighted by Crippen LogP contribution is -2.17. The second-order valence-electron chi connectivity index (χ2n) is 4.85. The van der Waals surface area contributed by atoms with Crippen molar-refractivity contribution in [1.82, 2.24) is 9.19 Å². The molecule has 2 aromatic rings. The highest BCUT2D eigenvalue weighted by Crippen LogP contribution is 2.30. The van der Waals surface area contributed by atoms with Crippen molar-refractivity contribution in [3.8, 4) is 11.1 Å². The van der Waals surface area contributed by atoms with Crippen molar-refractivity contribution in [3.63, 3.8) is 0 Å². The van der Waals surface area contributed by atoms with Crippen molar-refractivity contribution in [2.75, 3.05) is 0 Å². The smallest absolute Gasteiger partial charge is 0.338 e. The molecule has 0 saturated heterocycles. The largest absolute Gasteiger partial charge is 0.478 e. The molecule has 21 heavy (non-hydrogen) atoms. The SMILES string of the molecule is O=C(O)c1ccc(-c2cnn(S(=O)(=O)C3CC3)c2)cc1F. The Labute approximate surface area is 119 Å². The number of hydrogen-bond acceptors (Lipinski definition) is 4. The predicted molar refractivity (Wildman–Crippen MR) is 71.9 cm³/mol. The van der Waals surface area contributed by atoms with Gasteiger partial charge in [-0.25, -0.2) is 17.6 Å². The van der Waals surface area contributed by atoms with Gasteiger partial charge >= 0.3 is 5.97 Å². The molecule has 1 fully saturated rings. The summed E-state index contributed by atoms with van der Waals surface area (Å²) in [4.78, 5) is 10.8. The Morgan fingerprint density at radius 1 is 1.33 bits per heavy atom. The quantitative estimate of drug-likeness (QED) is 0.929. The number of hydrogen-bond donors (Lipinski definition) is 1. The van der Waals surface area contributed by atoms with E-state index in [0.717, 1.165) is 16.2 Å². The number of benzene rings is 1. The zero-order valence-corrected chi connectivity index (χ0v) is 11.5. The molecule has 0 atom stereocenters. The molecule has 110 valence electrons. The molecule has 1 N–H and O–H groups in total. The van der Waals surface area contributed by atoms with Crippen LogP contribution in [0.1, 0.15) is 23.2 Å². The maximum atomic E-state index is 13.6. The van der Waals surface area contributed by atoms with Crippen LogP contribution in [0, 0.1) is 5.82 Å². The van der Waals surface area contributed by atoms with E-state index in [1.165, 1.54) is 18.5 Å². The average Bonchev–Trinajstić information content (AvgIpc) is 3.16. The van der Waals surface area contributed by atoms with Crippen molar-refractivity contribution >= 4 is 16.0 Å². The molecule has 6 nitrogen and oxygen atoms in total. The van der Waals surface area contributed by atoms with Crippen molar-refractivity contribution in [2.24, 2.45) is 0 Å². The van der Waals surface area contributed by atoms with Gasteiger partial charge in [0.25, 0.3) is 10.0 Å². The summed E-state index contributed by atoms with van der Waals surface area (Å²) in [6, 6.07) is 3.60. The topological polar surface area (TPSA) is 89.3 Å². The standard InChI is InChI=1S/C13H11FN2O4S/c14-12-5-8(1-4-11(12)13(17)18)9-6-15-16(7-9)21(19,20)10-2-3-10/h1,4-7,10H,2-3H2,(H,17,18). The summed E-state index contributed by atoms with van der Waals surface area (Å²) < 4.78 is 38.5. The normalized spacial score (nSPS) is 15.1. The lowest BCUT2D eigenvalue weighted by atomic mass is 10.1. The minimum absolute atomic E-state index is 0.370. The first-order valence-electron chi connectivity index (χ1n) is 6.22. The Kier molecular flexibility index (Phi) is 3.05. The number of aromatic nitrogens is 2. The molecular formula is C13H11FN2O4S. The third kappa shape index (κ3) is 2.42. The van der Waals surface area contributed by atoms with Gasteiger partial charge in [0.05, 0.1) is 23.2 Å². The van der Waals surface area contributed by atoms with Gasteiger partial charge in [0.1, 0.15) is 5.82 Å². The zero-order chi connectivity index (χ0) is 15.2. The Bertz CT molecular complexity index is 824. The van der Waals surface area contributed by atoms with Crippen molar-refractivity contribution in [2.45, 2.75) is 18.1 Å². The molecular weight excluding hydrogens is 299 g/mol. The monoisotopic (exact) mass is 310 g/mol. The Morgan fingerprint density at radius 2 is 2.05 bits per heavy atom. The lowest BCUT2D eigenvalue weighted by Gasteiger charge is -2.02. The fraction of sp³-hybridized carbons (Fsp3) is 0.231. The highest BCUT2D eigenvalue weighted by Gasteiger charge is 2.37. The van der Waals surface area contributed by atoms with Crippen molar-refractivity contribution in [1.29, 1.82) is 0 Å². The first-order valence-corrected chi connectivity index (χ1v) is 7.72. The first-order chi connectivity index (χ1) is 9.89. The van der Waals surface area contributed by atoms with Gasteiger partial charge in [0.15, 0.2) is 0 Å². The molecule has 1 aromatic carbocycles. The molecule has 1 saturated carbocycles. The first kappa shape index (κ1) is 13.7. The van der Waals surface area contributed by atoms with Crippen LogP contribution in [0.5, 0.6) is 0 Å². The van der Waals surface area contributed by atoms with E-state index in [0.29, 0.717) is 24.0 Å². The molecule has 0 radical (unpaired) electrons. The van der Waals surface area contributed by atoms with E-state index in [1.807, 2.05) is 0 Å². The molecule has 0 spiro atoms. The minimum atomic E-state index is -3.47. The molecule has 1 aliphatic carbocycles. The molecule has 8 heteroatoms. The molecule has 1 aliphatic rings. The predicted octanol–water partition coefficient (Wildman–Crippen LogP) is 1.73. The third-order valence-electron chi connectivity index (χ3n) is 3.30. The van der Waals surface area contributed by atoms with Crippen LogP contribution in [0.15, 0.2) is 30.6 Å². The number of aromatic carboxylic acids is 1. The number of carboxylic acid groups (broad SMARTS) is 1. The van der Waals surface area contributed by atoms with Crippen LogP contribution < -0.4 is 0 Å². The summed E-state index contributed by atoms with van der Waals surface area (Å²) in [6.07, 6.45) is 3.87. The van der Waals surface area contributed by atoms with Crippen LogP contribution in [-0.2, 0) is 10.0 Å². The van der Waals surface area contributed by atoms with Crippen LogP contribution in [-0.4, -0.2) is 33.9 Å². The average molecular weight is 310 g/mol. The van der Waals surface area contributed by atoms with Crippen molar-refractivity contribution < 1.29 is 22.7 Å². The number of nitrogens with zero attached hydrogens (tertiary/aromatic N) is 2. The summed E-state index contributed by atoms with van der Waals surface area (Å²) in [5.74, 6) is -2.23. The fourth-order valence-electron chi connectivity index (χ4n) is 1.98. The summed E-state index contributed by atoms with van der Waals surface area (Å²) in [5.41, 5.74) is 0.349. The van der Waals surface area contributed by atoms with Crippen molar-refractivity contribution in [3.05, 3.63) is 42.0 Å². The molecule has 0 unspecified atom stereocenters. The lowest BCUT2D eigenvalue weighted by molar-refractivity contribution is 0.0692. The van der Waals surface area contributed by atoms with Crippen LogP contribution in [0.4, 0.5) is 4.39 Å². The highest BCUT2D eigenvalue weighted by atomic mass is 32.2. The minimum Gasteiger partial charge on any atom is -0.478 e.